The Hall–Kier alpha value is -0.570. The van der Waals surface area contributed by atoms with E-state index in [9.17, 15) is 4.79 Å². The Kier molecular flexibility index (Phi) is 3.39. The first-order valence-electron chi connectivity index (χ1n) is 6.13. The second kappa shape index (κ2) is 4.02. The van der Waals surface area contributed by atoms with E-state index < -0.39 is 0 Å². The second-order valence-corrected chi connectivity index (χ2v) is 6.70. The van der Waals surface area contributed by atoms with Gasteiger partial charge in [0, 0.05) is 24.2 Å². The summed E-state index contributed by atoms with van der Waals surface area (Å²) in [5.74, 6) is 0.258. The molecule has 3 nitrogen and oxygen atoms in total. The Morgan fingerprint density at radius 1 is 1.00 bits per heavy atom. The molecule has 1 amide bonds. The van der Waals surface area contributed by atoms with Gasteiger partial charge in [-0.05, 0) is 48.5 Å². The van der Waals surface area contributed by atoms with Crippen molar-refractivity contribution in [3.63, 3.8) is 0 Å². The van der Waals surface area contributed by atoms with Crippen LogP contribution < -0.4 is 0 Å². The van der Waals surface area contributed by atoms with Crippen molar-refractivity contribution >= 4 is 5.91 Å². The third kappa shape index (κ3) is 2.57. The standard InChI is InChI=1S/C13H26N2O/c1-10-11(16)15(13(5,6)7)9-8-14(10)12(2,3)4/h10H,8-9H2,1-7H3. The normalized spacial score (nSPS) is 25.1. The van der Waals surface area contributed by atoms with E-state index in [1.807, 2.05) is 11.8 Å². The van der Waals surface area contributed by atoms with Gasteiger partial charge in [0.25, 0.3) is 0 Å². The number of carbonyl (C=O) groups is 1. The van der Waals surface area contributed by atoms with Crippen molar-refractivity contribution in [3.8, 4) is 0 Å². The predicted octanol–water partition coefficient (Wildman–Crippen LogP) is 2.12. The molecular formula is C13H26N2O. The molecule has 0 saturated carbocycles. The number of carbonyl (C=O) groups excluding carboxylic acids is 1. The molecule has 0 aromatic rings. The molecular weight excluding hydrogens is 200 g/mol. The van der Waals surface area contributed by atoms with Gasteiger partial charge in [-0.3, -0.25) is 9.69 Å². The molecule has 16 heavy (non-hydrogen) atoms. The van der Waals surface area contributed by atoms with Gasteiger partial charge >= 0.3 is 0 Å². The molecule has 0 aromatic carbocycles. The summed E-state index contributed by atoms with van der Waals surface area (Å²) in [6.45, 7) is 16.6. The fourth-order valence-electron chi connectivity index (χ4n) is 2.45. The third-order valence-corrected chi connectivity index (χ3v) is 3.33. The molecule has 1 rings (SSSR count). The van der Waals surface area contributed by atoms with Crippen LogP contribution in [0.3, 0.4) is 0 Å². The highest BCUT2D eigenvalue weighted by atomic mass is 16.2. The van der Waals surface area contributed by atoms with Crippen LogP contribution in [0.5, 0.6) is 0 Å². The fourth-order valence-corrected chi connectivity index (χ4v) is 2.45. The molecule has 1 saturated heterocycles. The van der Waals surface area contributed by atoms with Gasteiger partial charge in [-0.2, -0.15) is 0 Å². The summed E-state index contributed by atoms with van der Waals surface area (Å²) in [6, 6.07) is -0.00650. The quantitative estimate of drug-likeness (QED) is 0.631. The van der Waals surface area contributed by atoms with E-state index in [0.29, 0.717) is 0 Å². The lowest BCUT2D eigenvalue weighted by atomic mass is 9.97. The number of hydrogen-bond acceptors (Lipinski definition) is 2. The van der Waals surface area contributed by atoms with Gasteiger partial charge < -0.3 is 4.90 Å². The molecule has 1 unspecified atom stereocenters. The second-order valence-electron chi connectivity index (χ2n) is 6.70. The Bertz CT molecular complexity index is 273. The number of rotatable bonds is 0. The SMILES string of the molecule is CC1C(=O)N(C(C)(C)C)CCN1C(C)(C)C. The van der Waals surface area contributed by atoms with E-state index in [1.165, 1.54) is 0 Å². The number of nitrogens with zero attached hydrogens (tertiary/aromatic N) is 2. The Morgan fingerprint density at radius 3 is 1.88 bits per heavy atom. The van der Waals surface area contributed by atoms with Crippen molar-refractivity contribution in [1.82, 2.24) is 9.80 Å². The van der Waals surface area contributed by atoms with Gasteiger partial charge in [-0.1, -0.05) is 0 Å². The highest BCUT2D eigenvalue weighted by molar-refractivity contribution is 5.83. The number of amides is 1. The Labute approximate surface area is 99.8 Å². The van der Waals surface area contributed by atoms with Gasteiger partial charge in [-0.25, -0.2) is 0 Å². The van der Waals surface area contributed by atoms with Crippen molar-refractivity contribution in [2.45, 2.75) is 65.6 Å². The van der Waals surface area contributed by atoms with E-state index in [0.717, 1.165) is 13.1 Å². The van der Waals surface area contributed by atoms with Gasteiger partial charge in [0.2, 0.25) is 5.91 Å². The van der Waals surface area contributed by atoms with Crippen molar-refractivity contribution in [1.29, 1.82) is 0 Å². The first kappa shape index (κ1) is 13.5. The molecule has 0 aromatic heterocycles. The zero-order chi connectivity index (χ0) is 12.7. The van der Waals surface area contributed by atoms with Crippen molar-refractivity contribution < 1.29 is 4.79 Å². The zero-order valence-electron chi connectivity index (χ0n) is 11.8. The van der Waals surface area contributed by atoms with E-state index in [1.54, 1.807) is 0 Å². The van der Waals surface area contributed by atoms with Gasteiger partial charge in [0.1, 0.15) is 0 Å². The van der Waals surface area contributed by atoms with Crippen LogP contribution in [0.25, 0.3) is 0 Å². The van der Waals surface area contributed by atoms with Crippen LogP contribution in [0, 0.1) is 0 Å². The maximum Gasteiger partial charge on any atom is 0.240 e. The van der Waals surface area contributed by atoms with Crippen molar-refractivity contribution in [2.75, 3.05) is 13.1 Å². The molecule has 1 aliphatic rings. The highest BCUT2D eigenvalue weighted by Gasteiger charge is 2.40. The summed E-state index contributed by atoms with van der Waals surface area (Å²) in [5, 5.41) is 0. The summed E-state index contributed by atoms with van der Waals surface area (Å²) in [4.78, 5) is 16.6. The maximum absolute atomic E-state index is 12.3. The smallest absolute Gasteiger partial charge is 0.240 e. The molecule has 0 spiro atoms. The van der Waals surface area contributed by atoms with Crippen LogP contribution in [0.2, 0.25) is 0 Å². The number of piperazine rings is 1. The van der Waals surface area contributed by atoms with E-state index in [4.69, 9.17) is 0 Å². The first-order chi connectivity index (χ1) is 7.05. The van der Waals surface area contributed by atoms with E-state index in [2.05, 4.69) is 46.4 Å². The summed E-state index contributed by atoms with van der Waals surface area (Å²) in [7, 11) is 0. The summed E-state index contributed by atoms with van der Waals surface area (Å²) in [5.41, 5.74) is 0.00830. The summed E-state index contributed by atoms with van der Waals surface area (Å²) >= 11 is 0. The van der Waals surface area contributed by atoms with Crippen LogP contribution in [0.4, 0.5) is 0 Å². The van der Waals surface area contributed by atoms with Crippen LogP contribution >= 0.6 is 0 Å². The molecule has 1 atom stereocenters. The van der Waals surface area contributed by atoms with E-state index in [-0.39, 0.29) is 23.0 Å². The molecule has 3 heteroatoms. The Balaban J connectivity index is 2.85. The first-order valence-corrected chi connectivity index (χ1v) is 6.13. The minimum absolute atomic E-state index is 0.00650. The van der Waals surface area contributed by atoms with Crippen LogP contribution in [0.1, 0.15) is 48.5 Å². The molecule has 0 aliphatic carbocycles. The average molecular weight is 226 g/mol. The molecule has 0 N–H and O–H groups in total. The lowest BCUT2D eigenvalue weighted by Gasteiger charge is -2.49. The monoisotopic (exact) mass is 226 g/mol. The Morgan fingerprint density at radius 2 is 1.50 bits per heavy atom. The van der Waals surface area contributed by atoms with Gasteiger partial charge in [0.15, 0.2) is 0 Å². The molecule has 1 aliphatic heterocycles. The number of hydrogen-bond donors (Lipinski definition) is 0. The van der Waals surface area contributed by atoms with Crippen molar-refractivity contribution in [3.05, 3.63) is 0 Å². The predicted molar refractivity (Wildman–Crippen MR) is 67.4 cm³/mol. The van der Waals surface area contributed by atoms with Crippen LogP contribution in [0.15, 0.2) is 0 Å². The summed E-state index contributed by atoms with van der Waals surface area (Å²) < 4.78 is 0. The molecule has 0 bridgehead atoms. The largest absolute Gasteiger partial charge is 0.335 e. The average Bonchev–Trinajstić information content (AvgIpc) is 2.05. The molecule has 1 fully saturated rings. The molecule has 1 heterocycles. The third-order valence-electron chi connectivity index (χ3n) is 3.33. The minimum atomic E-state index is -0.0602. The van der Waals surface area contributed by atoms with Crippen LogP contribution in [-0.2, 0) is 4.79 Å². The van der Waals surface area contributed by atoms with Gasteiger partial charge in [-0.15, -0.1) is 0 Å². The summed E-state index contributed by atoms with van der Waals surface area (Å²) in [6.07, 6.45) is 0. The fraction of sp³-hybridized carbons (Fsp3) is 0.923. The zero-order valence-corrected chi connectivity index (χ0v) is 11.8. The topological polar surface area (TPSA) is 23.6 Å². The maximum atomic E-state index is 12.3. The van der Waals surface area contributed by atoms with E-state index >= 15 is 0 Å². The molecule has 94 valence electrons. The van der Waals surface area contributed by atoms with Crippen molar-refractivity contribution in [2.24, 2.45) is 0 Å². The lowest BCUT2D eigenvalue weighted by molar-refractivity contribution is -0.150. The highest BCUT2D eigenvalue weighted by Crippen LogP contribution is 2.25. The van der Waals surface area contributed by atoms with Gasteiger partial charge in [0.05, 0.1) is 6.04 Å². The minimum Gasteiger partial charge on any atom is -0.335 e. The van der Waals surface area contributed by atoms with Crippen LogP contribution in [-0.4, -0.2) is 45.9 Å². The lowest BCUT2D eigenvalue weighted by Crippen LogP contribution is -2.64. The molecule has 0 radical (unpaired) electrons.